The number of hydrogen-bond acceptors (Lipinski definition) is 3. The number of carbonyl (C=O) groups is 1. The number of halogens is 2. The molecule has 0 aromatic heterocycles. The molecule has 0 amide bonds. The Morgan fingerprint density at radius 1 is 1.29 bits per heavy atom. The molecule has 4 nitrogen and oxygen atoms in total. The maximum Gasteiger partial charge on any atom is 0.243 e. The molecule has 0 fully saturated rings. The van der Waals surface area contributed by atoms with Crippen LogP contribution in [0.15, 0.2) is 17.0 Å². The lowest BCUT2D eigenvalue weighted by atomic mass is 10.1. The van der Waals surface area contributed by atoms with Crippen LogP contribution in [0.5, 0.6) is 0 Å². The average molecular weight is 263 g/mol. The normalized spacial score (nSPS) is 11.5. The van der Waals surface area contributed by atoms with E-state index in [0.717, 1.165) is 6.92 Å². The van der Waals surface area contributed by atoms with Crippen molar-refractivity contribution in [3.05, 3.63) is 29.3 Å². The molecule has 1 N–H and O–H groups in total. The van der Waals surface area contributed by atoms with E-state index in [1.54, 1.807) is 0 Å². The fourth-order valence-corrected chi connectivity index (χ4v) is 2.40. The van der Waals surface area contributed by atoms with E-state index in [1.807, 2.05) is 0 Å². The molecule has 7 heteroatoms. The van der Waals surface area contributed by atoms with Gasteiger partial charge in [-0.2, -0.15) is 0 Å². The van der Waals surface area contributed by atoms with Gasteiger partial charge in [0, 0.05) is 12.6 Å². The maximum absolute atomic E-state index is 13.3. The summed E-state index contributed by atoms with van der Waals surface area (Å²) in [6, 6.07) is 1.09. The summed E-state index contributed by atoms with van der Waals surface area (Å²) < 4.78 is 51.7. The Hall–Kier alpha value is -1.34. The van der Waals surface area contributed by atoms with Crippen LogP contribution >= 0.6 is 0 Å². The summed E-state index contributed by atoms with van der Waals surface area (Å²) in [6.45, 7) is 2.65. The summed E-state index contributed by atoms with van der Waals surface area (Å²) in [6.07, 6.45) is 0. The zero-order valence-corrected chi connectivity index (χ0v) is 10.1. The largest absolute Gasteiger partial charge is 0.294 e. The highest BCUT2D eigenvalue weighted by atomic mass is 32.2. The minimum Gasteiger partial charge on any atom is -0.294 e. The van der Waals surface area contributed by atoms with Crippen molar-refractivity contribution < 1.29 is 22.0 Å². The molecule has 0 atom stereocenters. The Morgan fingerprint density at radius 2 is 1.88 bits per heavy atom. The predicted octanol–water partition coefficient (Wildman–Crippen LogP) is 1.47. The van der Waals surface area contributed by atoms with E-state index in [1.165, 1.54) is 6.92 Å². The highest BCUT2D eigenvalue weighted by molar-refractivity contribution is 7.89. The molecule has 0 radical (unpaired) electrons. The van der Waals surface area contributed by atoms with Gasteiger partial charge in [-0.15, -0.1) is 0 Å². The molecule has 1 rings (SSSR count). The van der Waals surface area contributed by atoms with E-state index in [0.29, 0.717) is 12.1 Å². The Morgan fingerprint density at radius 3 is 2.35 bits per heavy atom. The lowest BCUT2D eigenvalue weighted by Gasteiger charge is -2.07. The number of benzene rings is 1. The third-order valence-corrected chi connectivity index (χ3v) is 3.59. The Bertz CT molecular complexity index is 555. The first-order chi connectivity index (χ1) is 7.79. The molecule has 0 unspecified atom stereocenters. The van der Waals surface area contributed by atoms with Crippen molar-refractivity contribution in [2.24, 2.45) is 0 Å². The molecular weight excluding hydrogens is 252 g/mol. The number of Topliss-reactive ketones (excluding diaryl/α,β-unsaturated/α-hetero) is 1. The second-order valence-corrected chi connectivity index (χ2v) is 5.06. The van der Waals surface area contributed by atoms with Gasteiger partial charge in [0.2, 0.25) is 10.0 Å². The summed E-state index contributed by atoms with van der Waals surface area (Å²) in [5, 5.41) is 0. The van der Waals surface area contributed by atoms with Gasteiger partial charge in [0.15, 0.2) is 5.78 Å². The molecule has 0 heterocycles. The third kappa shape index (κ3) is 2.86. The summed E-state index contributed by atoms with van der Waals surface area (Å²) in [4.78, 5) is 10.3. The Labute approximate surface area is 97.7 Å². The summed E-state index contributed by atoms with van der Waals surface area (Å²) in [5.41, 5.74) is -0.456. The zero-order valence-electron chi connectivity index (χ0n) is 9.25. The maximum atomic E-state index is 13.3. The van der Waals surface area contributed by atoms with Crippen LogP contribution in [0.4, 0.5) is 8.78 Å². The van der Waals surface area contributed by atoms with Crippen LogP contribution < -0.4 is 4.72 Å². The van der Waals surface area contributed by atoms with Gasteiger partial charge in [-0.05, 0) is 13.0 Å². The zero-order chi connectivity index (χ0) is 13.2. The molecule has 94 valence electrons. The monoisotopic (exact) mass is 263 g/mol. The summed E-state index contributed by atoms with van der Waals surface area (Å²) >= 11 is 0. The molecule has 0 aliphatic carbocycles. The van der Waals surface area contributed by atoms with E-state index in [9.17, 15) is 22.0 Å². The molecule has 0 bridgehead atoms. The topological polar surface area (TPSA) is 63.2 Å². The van der Waals surface area contributed by atoms with Gasteiger partial charge in [0.05, 0.1) is 5.56 Å². The lowest BCUT2D eigenvalue weighted by Crippen LogP contribution is -2.24. The Balaban J connectivity index is 3.45. The van der Waals surface area contributed by atoms with Crippen LogP contribution in [0.3, 0.4) is 0 Å². The van der Waals surface area contributed by atoms with Gasteiger partial charge in [0.25, 0.3) is 0 Å². The summed E-state index contributed by atoms with van der Waals surface area (Å²) in [7, 11) is -4.06. The van der Waals surface area contributed by atoms with Gasteiger partial charge in [0.1, 0.15) is 16.5 Å². The fraction of sp³-hybridized carbons (Fsp3) is 0.300. The first kappa shape index (κ1) is 13.7. The number of ketones is 1. The minimum atomic E-state index is -4.06. The second kappa shape index (κ2) is 4.89. The van der Waals surface area contributed by atoms with Crippen molar-refractivity contribution in [1.82, 2.24) is 4.72 Å². The minimum absolute atomic E-state index is 0.0640. The van der Waals surface area contributed by atoms with Crippen LogP contribution in [0.25, 0.3) is 0 Å². The first-order valence-corrected chi connectivity index (χ1v) is 6.27. The molecule has 1 aromatic rings. The standard InChI is InChI=1S/C10H11F2NO3S/c1-3-13-17(15,16)10-4-7(6(2)14)8(11)5-9(10)12/h4-5,13H,3H2,1-2H3. The van der Waals surface area contributed by atoms with Crippen LogP contribution in [0.1, 0.15) is 24.2 Å². The molecule has 0 aliphatic rings. The molecule has 17 heavy (non-hydrogen) atoms. The van der Waals surface area contributed by atoms with Gasteiger partial charge in [-0.3, -0.25) is 4.79 Å². The van der Waals surface area contributed by atoms with Crippen molar-refractivity contribution in [2.45, 2.75) is 18.7 Å². The highest BCUT2D eigenvalue weighted by Crippen LogP contribution is 2.19. The van der Waals surface area contributed by atoms with E-state index < -0.39 is 37.9 Å². The number of carbonyl (C=O) groups excluding carboxylic acids is 1. The van der Waals surface area contributed by atoms with E-state index in [2.05, 4.69) is 4.72 Å². The molecule has 1 aromatic carbocycles. The van der Waals surface area contributed by atoms with Crippen molar-refractivity contribution in [3.8, 4) is 0 Å². The number of nitrogens with one attached hydrogen (secondary N) is 1. The molecule has 0 spiro atoms. The van der Waals surface area contributed by atoms with Crippen LogP contribution in [0.2, 0.25) is 0 Å². The van der Waals surface area contributed by atoms with Crippen molar-refractivity contribution in [2.75, 3.05) is 6.54 Å². The Kier molecular flexibility index (Phi) is 3.94. The fourth-order valence-electron chi connectivity index (χ4n) is 1.27. The quantitative estimate of drug-likeness (QED) is 0.837. The van der Waals surface area contributed by atoms with Crippen LogP contribution in [-0.2, 0) is 10.0 Å². The van der Waals surface area contributed by atoms with Crippen molar-refractivity contribution in [3.63, 3.8) is 0 Å². The third-order valence-electron chi connectivity index (χ3n) is 2.02. The molecule has 0 saturated heterocycles. The second-order valence-electron chi connectivity index (χ2n) is 3.32. The van der Waals surface area contributed by atoms with Gasteiger partial charge < -0.3 is 0 Å². The SMILES string of the molecule is CCNS(=O)(=O)c1cc(C(C)=O)c(F)cc1F. The molecular formula is C10H11F2NO3S. The van der Waals surface area contributed by atoms with Gasteiger partial charge in [-0.25, -0.2) is 21.9 Å². The van der Waals surface area contributed by atoms with E-state index in [4.69, 9.17) is 0 Å². The summed E-state index contributed by atoms with van der Waals surface area (Å²) in [5.74, 6) is -2.98. The predicted molar refractivity (Wildman–Crippen MR) is 57.2 cm³/mol. The van der Waals surface area contributed by atoms with Crippen LogP contribution in [0, 0.1) is 11.6 Å². The first-order valence-electron chi connectivity index (χ1n) is 4.79. The molecule has 0 saturated carbocycles. The highest BCUT2D eigenvalue weighted by Gasteiger charge is 2.22. The van der Waals surface area contributed by atoms with Crippen molar-refractivity contribution >= 4 is 15.8 Å². The van der Waals surface area contributed by atoms with Gasteiger partial charge in [-0.1, -0.05) is 6.92 Å². The van der Waals surface area contributed by atoms with E-state index in [-0.39, 0.29) is 6.54 Å². The number of hydrogen-bond donors (Lipinski definition) is 1. The number of sulfonamides is 1. The average Bonchev–Trinajstić information content (AvgIpc) is 2.15. The van der Waals surface area contributed by atoms with Crippen LogP contribution in [-0.4, -0.2) is 20.7 Å². The lowest BCUT2D eigenvalue weighted by molar-refractivity contribution is 0.101. The van der Waals surface area contributed by atoms with Crippen molar-refractivity contribution in [1.29, 1.82) is 0 Å². The van der Waals surface area contributed by atoms with Gasteiger partial charge >= 0.3 is 0 Å². The smallest absolute Gasteiger partial charge is 0.243 e. The van der Waals surface area contributed by atoms with E-state index >= 15 is 0 Å². The number of rotatable bonds is 4. The molecule has 0 aliphatic heterocycles.